The van der Waals surface area contributed by atoms with E-state index < -0.39 is 5.97 Å². The van der Waals surface area contributed by atoms with E-state index in [0.717, 1.165) is 0 Å². The minimum atomic E-state index is -1.00. The number of carbonyl (C=O) groups excluding carboxylic acids is 1. The fourth-order valence-electron chi connectivity index (χ4n) is 2.13. The second kappa shape index (κ2) is 5.21. The van der Waals surface area contributed by atoms with Crippen LogP contribution in [-0.2, 0) is 4.79 Å². The van der Waals surface area contributed by atoms with Gasteiger partial charge in [0.25, 0.3) is 5.91 Å². The molecular weight excluding hydrogens is 230 g/mol. The Kier molecular flexibility index (Phi) is 3.65. The normalized spacial score (nSPS) is 14.9. The highest BCUT2D eigenvalue weighted by atomic mass is 16.4. The van der Waals surface area contributed by atoms with Crippen molar-refractivity contribution >= 4 is 11.9 Å². The second-order valence-electron chi connectivity index (χ2n) is 4.80. The lowest BCUT2D eigenvalue weighted by Gasteiger charge is -2.26. The van der Waals surface area contributed by atoms with E-state index in [1.54, 1.807) is 12.1 Å². The first-order chi connectivity index (χ1) is 8.58. The first-order valence-corrected chi connectivity index (χ1v) is 6.15. The van der Waals surface area contributed by atoms with E-state index in [-0.39, 0.29) is 12.5 Å². The van der Waals surface area contributed by atoms with Gasteiger partial charge < -0.3 is 10.0 Å². The van der Waals surface area contributed by atoms with Crippen molar-refractivity contribution in [1.29, 1.82) is 0 Å². The van der Waals surface area contributed by atoms with Crippen molar-refractivity contribution in [3.63, 3.8) is 0 Å². The molecule has 0 bridgehead atoms. The molecule has 1 aliphatic carbocycles. The van der Waals surface area contributed by atoms with Gasteiger partial charge in [0.1, 0.15) is 6.54 Å². The first-order valence-electron chi connectivity index (χ1n) is 6.15. The van der Waals surface area contributed by atoms with E-state index >= 15 is 0 Å². The molecule has 1 saturated carbocycles. The molecule has 0 saturated heterocycles. The Morgan fingerprint density at radius 3 is 2.33 bits per heavy atom. The highest BCUT2D eigenvalue weighted by Crippen LogP contribution is 2.36. The van der Waals surface area contributed by atoms with Crippen LogP contribution in [0.3, 0.4) is 0 Å². The predicted molar refractivity (Wildman–Crippen MR) is 67.6 cm³/mol. The molecule has 1 aliphatic rings. The highest BCUT2D eigenvalue weighted by molar-refractivity contribution is 5.95. The Morgan fingerprint density at radius 2 is 1.89 bits per heavy atom. The molecule has 0 atom stereocenters. The Balaban J connectivity index is 2.04. The van der Waals surface area contributed by atoms with Gasteiger partial charge in [-0.05, 0) is 36.5 Å². The van der Waals surface area contributed by atoms with Crippen molar-refractivity contribution in [3.8, 4) is 0 Å². The maximum Gasteiger partial charge on any atom is 0.323 e. The number of carboxylic acid groups (broad SMARTS) is 1. The average Bonchev–Trinajstić information content (AvgIpc) is 2.26. The summed E-state index contributed by atoms with van der Waals surface area (Å²) in [5.41, 5.74) is 1.82. The smallest absolute Gasteiger partial charge is 0.323 e. The molecule has 96 valence electrons. The van der Waals surface area contributed by atoms with Gasteiger partial charge in [0.2, 0.25) is 0 Å². The van der Waals surface area contributed by atoms with Crippen molar-refractivity contribution in [2.24, 2.45) is 0 Å². The van der Waals surface area contributed by atoms with Crippen molar-refractivity contribution in [2.45, 2.75) is 25.2 Å². The van der Waals surface area contributed by atoms with Crippen LogP contribution in [0.2, 0.25) is 0 Å². The molecular formula is C14H17NO3. The Morgan fingerprint density at radius 1 is 1.28 bits per heavy atom. The summed E-state index contributed by atoms with van der Waals surface area (Å²) >= 11 is 0. The topological polar surface area (TPSA) is 57.6 Å². The Bertz CT molecular complexity index is 449. The summed E-state index contributed by atoms with van der Waals surface area (Å²) in [6.45, 7) is -0.275. The minimum Gasteiger partial charge on any atom is -0.480 e. The quantitative estimate of drug-likeness (QED) is 0.886. The molecule has 0 spiro atoms. The van der Waals surface area contributed by atoms with Crippen LogP contribution in [-0.4, -0.2) is 35.5 Å². The summed E-state index contributed by atoms with van der Waals surface area (Å²) in [6.07, 6.45) is 3.74. The monoisotopic (exact) mass is 247 g/mol. The van der Waals surface area contributed by atoms with E-state index in [1.807, 2.05) is 12.1 Å². The average molecular weight is 247 g/mol. The molecule has 0 radical (unpaired) electrons. The summed E-state index contributed by atoms with van der Waals surface area (Å²) in [4.78, 5) is 23.7. The summed E-state index contributed by atoms with van der Waals surface area (Å²) in [5, 5.41) is 8.64. The molecule has 2 rings (SSSR count). The number of rotatable bonds is 4. The van der Waals surface area contributed by atoms with Gasteiger partial charge in [0, 0.05) is 12.6 Å². The van der Waals surface area contributed by atoms with Crippen LogP contribution in [0.1, 0.15) is 41.1 Å². The molecule has 0 aromatic heterocycles. The number of nitrogens with zero attached hydrogens (tertiary/aromatic N) is 1. The van der Waals surface area contributed by atoms with Gasteiger partial charge in [-0.15, -0.1) is 0 Å². The number of benzene rings is 1. The molecule has 1 aromatic rings. The van der Waals surface area contributed by atoms with Crippen LogP contribution in [0.15, 0.2) is 24.3 Å². The molecule has 1 amide bonds. The fourth-order valence-corrected chi connectivity index (χ4v) is 2.13. The van der Waals surface area contributed by atoms with Crippen LogP contribution in [0.4, 0.5) is 0 Å². The van der Waals surface area contributed by atoms with Gasteiger partial charge in [-0.3, -0.25) is 9.59 Å². The van der Waals surface area contributed by atoms with E-state index in [9.17, 15) is 9.59 Å². The van der Waals surface area contributed by atoms with Gasteiger partial charge >= 0.3 is 5.97 Å². The summed E-state index contributed by atoms with van der Waals surface area (Å²) in [5.74, 6) is -0.611. The van der Waals surface area contributed by atoms with Crippen molar-refractivity contribution in [3.05, 3.63) is 35.4 Å². The third-order valence-electron chi connectivity index (χ3n) is 3.45. The van der Waals surface area contributed by atoms with Crippen molar-refractivity contribution in [1.82, 2.24) is 4.90 Å². The zero-order valence-corrected chi connectivity index (χ0v) is 10.4. The maximum atomic E-state index is 11.9. The molecule has 0 heterocycles. The molecule has 0 unspecified atom stereocenters. The number of aliphatic carboxylic acids is 1. The number of hydrogen-bond acceptors (Lipinski definition) is 2. The summed E-state index contributed by atoms with van der Waals surface area (Å²) < 4.78 is 0. The molecule has 18 heavy (non-hydrogen) atoms. The molecule has 1 aromatic carbocycles. The van der Waals surface area contributed by atoms with Crippen LogP contribution in [0.5, 0.6) is 0 Å². The lowest BCUT2D eigenvalue weighted by molar-refractivity contribution is -0.137. The lowest BCUT2D eigenvalue weighted by atomic mass is 9.80. The van der Waals surface area contributed by atoms with E-state index in [1.165, 1.54) is 36.8 Å². The zero-order valence-electron chi connectivity index (χ0n) is 10.4. The standard InChI is InChI=1S/C14H17NO3/c1-15(9-13(16)17)14(18)12-7-5-11(6-8-12)10-3-2-4-10/h5-8,10H,2-4,9H2,1H3,(H,16,17). The largest absolute Gasteiger partial charge is 0.480 e. The zero-order chi connectivity index (χ0) is 13.1. The molecule has 1 fully saturated rings. The highest BCUT2D eigenvalue weighted by Gasteiger charge is 2.20. The van der Waals surface area contributed by atoms with Gasteiger partial charge in [0.05, 0.1) is 0 Å². The summed E-state index contributed by atoms with van der Waals surface area (Å²) in [7, 11) is 1.50. The Hall–Kier alpha value is -1.84. The van der Waals surface area contributed by atoms with Crippen LogP contribution >= 0.6 is 0 Å². The number of carboxylic acids is 1. The summed E-state index contributed by atoms with van der Waals surface area (Å²) in [6, 6.07) is 7.53. The number of carbonyl (C=O) groups is 2. The lowest BCUT2D eigenvalue weighted by Crippen LogP contribution is -2.31. The van der Waals surface area contributed by atoms with Crippen molar-refractivity contribution < 1.29 is 14.7 Å². The third kappa shape index (κ3) is 2.70. The molecule has 4 heteroatoms. The van der Waals surface area contributed by atoms with Crippen LogP contribution < -0.4 is 0 Å². The van der Waals surface area contributed by atoms with Crippen LogP contribution in [0.25, 0.3) is 0 Å². The molecule has 4 nitrogen and oxygen atoms in total. The second-order valence-corrected chi connectivity index (χ2v) is 4.80. The van der Waals surface area contributed by atoms with Gasteiger partial charge in [-0.1, -0.05) is 18.6 Å². The van der Waals surface area contributed by atoms with E-state index in [4.69, 9.17) is 5.11 Å². The van der Waals surface area contributed by atoms with Crippen molar-refractivity contribution in [2.75, 3.05) is 13.6 Å². The molecule has 0 aliphatic heterocycles. The number of likely N-dealkylation sites (N-methyl/N-ethyl adjacent to an activating group) is 1. The maximum absolute atomic E-state index is 11.9. The first kappa shape index (κ1) is 12.6. The number of hydrogen-bond donors (Lipinski definition) is 1. The SMILES string of the molecule is CN(CC(=O)O)C(=O)c1ccc(C2CCC2)cc1. The van der Waals surface area contributed by atoms with Gasteiger partial charge in [-0.25, -0.2) is 0 Å². The van der Waals surface area contributed by atoms with Gasteiger partial charge in [-0.2, -0.15) is 0 Å². The van der Waals surface area contributed by atoms with E-state index in [2.05, 4.69) is 0 Å². The van der Waals surface area contributed by atoms with E-state index in [0.29, 0.717) is 11.5 Å². The van der Waals surface area contributed by atoms with Crippen LogP contribution in [0, 0.1) is 0 Å². The predicted octanol–water partition coefficient (Wildman–Crippen LogP) is 2.11. The number of amides is 1. The Labute approximate surface area is 106 Å². The molecule has 1 N–H and O–H groups in total. The third-order valence-corrected chi connectivity index (χ3v) is 3.45. The minimum absolute atomic E-state index is 0.252. The fraction of sp³-hybridized carbons (Fsp3) is 0.429. The van der Waals surface area contributed by atoms with Gasteiger partial charge in [0.15, 0.2) is 0 Å².